The van der Waals surface area contributed by atoms with Crippen molar-refractivity contribution in [3.8, 4) is 0 Å². The van der Waals surface area contributed by atoms with Crippen molar-refractivity contribution in [3.05, 3.63) is 71.9 Å². The molecule has 0 saturated carbocycles. The number of para-hydroxylation sites is 1. The van der Waals surface area contributed by atoms with E-state index in [9.17, 15) is 38.4 Å². The smallest absolute Gasteiger partial charge is 0.224 e. The molecule has 3 aromatic rings. The largest absolute Gasteiger partial charge is 0.370 e. The molecular formula is C49H72N10O8. The summed E-state index contributed by atoms with van der Waals surface area (Å²) in [5.41, 5.74) is 31.2. The van der Waals surface area contributed by atoms with Crippen LogP contribution in [0.15, 0.2) is 60.8 Å². The Morgan fingerprint density at radius 1 is 0.627 bits per heavy atom. The molecule has 2 aromatic carbocycles. The number of fused-ring (bicyclic) bond motifs is 1. The van der Waals surface area contributed by atoms with Crippen molar-refractivity contribution in [2.75, 3.05) is 19.6 Å². The fraction of sp³-hybridized carbons (Fsp3) is 0.531. The van der Waals surface area contributed by atoms with Gasteiger partial charge in [-0.2, -0.15) is 0 Å². The summed E-state index contributed by atoms with van der Waals surface area (Å²) in [4.78, 5) is 112. The van der Waals surface area contributed by atoms with Gasteiger partial charge in [0, 0.05) is 60.5 Å². The van der Waals surface area contributed by atoms with Crippen LogP contribution in [0.3, 0.4) is 0 Å². The van der Waals surface area contributed by atoms with Gasteiger partial charge in [-0.3, -0.25) is 38.4 Å². The van der Waals surface area contributed by atoms with Gasteiger partial charge in [0.2, 0.25) is 23.6 Å². The molecule has 7 atom stereocenters. The van der Waals surface area contributed by atoms with E-state index >= 15 is 0 Å². The molecule has 0 aliphatic heterocycles. The molecule has 67 heavy (non-hydrogen) atoms. The average molecular weight is 929 g/mol. The van der Waals surface area contributed by atoms with Crippen LogP contribution >= 0.6 is 0 Å². The molecule has 0 fully saturated rings. The molecule has 0 aliphatic rings. The molecule has 3 rings (SSSR count). The maximum Gasteiger partial charge on any atom is 0.224 e. The van der Waals surface area contributed by atoms with E-state index < -0.39 is 82.9 Å². The molecule has 0 aliphatic carbocycles. The van der Waals surface area contributed by atoms with Crippen molar-refractivity contribution in [3.63, 3.8) is 0 Å². The maximum absolute atomic E-state index is 14.5. The number of primary amides is 1. The van der Waals surface area contributed by atoms with E-state index in [1.54, 1.807) is 30.5 Å². The van der Waals surface area contributed by atoms with Gasteiger partial charge in [-0.15, -0.1) is 0 Å². The third-order valence-corrected chi connectivity index (χ3v) is 12.0. The molecule has 4 amide bonds. The average Bonchev–Trinajstić information content (AvgIpc) is 3.72. The standard InChI is InChI=1S/C49H72N10O8/c1-31(60)39(16-8-22-51)57-49(67)35(26-36-30-56-40-15-6-5-13-37(36)40)29-45(63)42(18-10-24-53)59-48(66)34(25-32-11-3-2-4-12-32)28-44(62)41(17-9-23-52)58-47(65)33(19-20-46(55)64)27-43(61)38(54)14-7-21-50/h2-6,11-13,15,21,30,33-35,38-39,41-42,50,56H,7-10,14,16-20,22-29,51-54H2,1H3,(H2,55,64)(H,57,67)(H,58,65)(H,59,66)/t33-,34-,35-,38-,39-,41-,42-/m0/s1. The lowest BCUT2D eigenvalue weighted by Crippen LogP contribution is -2.49. The summed E-state index contributed by atoms with van der Waals surface area (Å²) in [6.45, 7) is 2.10. The Labute approximate surface area is 392 Å². The molecule has 18 heteroatoms. The van der Waals surface area contributed by atoms with Gasteiger partial charge in [-0.1, -0.05) is 48.5 Å². The first-order valence-electron chi connectivity index (χ1n) is 23.3. The highest BCUT2D eigenvalue weighted by Crippen LogP contribution is 2.25. The van der Waals surface area contributed by atoms with Gasteiger partial charge in [0.25, 0.3) is 0 Å². The number of nitrogens with two attached hydrogens (primary N) is 5. The number of hydrogen-bond acceptors (Lipinski definition) is 13. The number of hydrogen-bond donors (Lipinski definition) is 10. The molecule has 0 spiro atoms. The number of nitrogens with one attached hydrogen (secondary N) is 5. The minimum absolute atomic E-state index is 0.0743. The van der Waals surface area contributed by atoms with Gasteiger partial charge in [-0.05, 0) is 121 Å². The van der Waals surface area contributed by atoms with Gasteiger partial charge < -0.3 is 55.0 Å². The van der Waals surface area contributed by atoms with Crippen molar-refractivity contribution in [2.24, 2.45) is 46.4 Å². The first kappa shape index (κ1) is 55.4. The fourth-order valence-corrected chi connectivity index (χ4v) is 8.05. The second-order valence-corrected chi connectivity index (χ2v) is 17.3. The van der Waals surface area contributed by atoms with Crippen LogP contribution in [0.5, 0.6) is 0 Å². The van der Waals surface area contributed by atoms with Crippen molar-refractivity contribution >= 4 is 63.9 Å². The van der Waals surface area contributed by atoms with E-state index in [-0.39, 0.29) is 89.5 Å². The number of H-pyrrole nitrogens is 1. The Hall–Kier alpha value is -5.95. The summed E-state index contributed by atoms with van der Waals surface area (Å²) in [7, 11) is 0. The lowest BCUT2D eigenvalue weighted by Gasteiger charge is -2.26. The number of aromatic nitrogens is 1. The molecule has 366 valence electrons. The van der Waals surface area contributed by atoms with Crippen molar-refractivity contribution < 1.29 is 38.4 Å². The summed E-state index contributed by atoms with van der Waals surface area (Å²) in [6, 6.07) is 12.6. The molecule has 15 N–H and O–H groups in total. The number of carbonyl (C=O) groups excluding carboxylic acids is 8. The Morgan fingerprint density at radius 3 is 1.66 bits per heavy atom. The van der Waals surface area contributed by atoms with Crippen molar-refractivity contribution in [1.29, 1.82) is 5.41 Å². The highest BCUT2D eigenvalue weighted by Gasteiger charge is 2.34. The van der Waals surface area contributed by atoms with Gasteiger partial charge in [0.1, 0.15) is 5.78 Å². The summed E-state index contributed by atoms with van der Waals surface area (Å²) in [6.07, 6.45) is 4.16. The van der Waals surface area contributed by atoms with Crippen LogP contribution in [0.4, 0.5) is 0 Å². The zero-order valence-corrected chi connectivity index (χ0v) is 38.8. The van der Waals surface area contributed by atoms with Gasteiger partial charge >= 0.3 is 0 Å². The molecule has 0 unspecified atom stereocenters. The van der Waals surface area contributed by atoms with Gasteiger partial charge in [0.05, 0.1) is 24.2 Å². The highest BCUT2D eigenvalue weighted by molar-refractivity contribution is 5.97. The minimum Gasteiger partial charge on any atom is -0.370 e. The lowest BCUT2D eigenvalue weighted by molar-refractivity contribution is -0.136. The van der Waals surface area contributed by atoms with Crippen molar-refractivity contribution in [2.45, 2.75) is 127 Å². The summed E-state index contributed by atoms with van der Waals surface area (Å²) in [5.74, 6) is -7.06. The summed E-state index contributed by atoms with van der Waals surface area (Å²) >= 11 is 0. The Bertz CT molecular complexity index is 2110. The first-order valence-corrected chi connectivity index (χ1v) is 23.3. The fourth-order valence-electron chi connectivity index (χ4n) is 8.05. The van der Waals surface area contributed by atoms with E-state index in [1.165, 1.54) is 6.92 Å². The van der Waals surface area contributed by atoms with Crippen LogP contribution in [0.2, 0.25) is 0 Å². The molecule has 0 saturated heterocycles. The Balaban J connectivity index is 1.93. The monoisotopic (exact) mass is 929 g/mol. The number of carbonyl (C=O) groups is 8. The SMILES string of the molecule is CC(=O)[C@H](CCCN)NC(=O)[C@H](CC(=O)[C@H](CCCN)NC(=O)[C@H](CC(=O)[C@H](CCCN)NC(=O)[C@@H](CCC(N)=O)CC(=O)[C@@H](N)CCC=N)Cc1ccccc1)Cc1c[nH]c2ccccc12. The van der Waals surface area contributed by atoms with Crippen LogP contribution < -0.4 is 44.6 Å². The second kappa shape index (κ2) is 29.6. The van der Waals surface area contributed by atoms with Crippen LogP contribution in [-0.4, -0.2) is 102 Å². The van der Waals surface area contributed by atoms with Crippen molar-refractivity contribution in [1.82, 2.24) is 20.9 Å². The summed E-state index contributed by atoms with van der Waals surface area (Å²) < 4.78 is 0. The number of rotatable bonds is 35. The molecule has 1 heterocycles. The topological polar surface area (TPSA) is 342 Å². The number of aromatic amines is 1. The van der Waals surface area contributed by atoms with E-state index in [4.69, 9.17) is 34.1 Å². The van der Waals surface area contributed by atoms with Gasteiger partial charge in [0.15, 0.2) is 17.3 Å². The zero-order valence-electron chi connectivity index (χ0n) is 38.8. The Morgan fingerprint density at radius 2 is 1.12 bits per heavy atom. The van der Waals surface area contributed by atoms with E-state index in [0.29, 0.717) is 32.2 Å². The first-order chi connectivity index (χ1) is 32.1. The van der Waals surface area contributed by atoms with Crippen LogP contribution in [0.1, 0.15) is 102 Å². The molecule has 0 bridgehead atoms. The molecule has 1 aromatic heterocycles. The molecule has 0 radical (unpaired) electrons. The van der Waals surface area contributed by atoms with Gasteiger partial charge in [-0.25, -0.2) is 0 Å². The maximum atomic E-state index is 14.5. The summed E-state index contributed by atoms with van der Waals surface area (Å²) in [5, 5.41) is 16.6. The zero-order chi connectivity index (χ0) is 49.3. The minimum atomic E-state index is -1.12. The van der Waals surface area contributed by atoms with E-state index in [1.807, 2.05) is 30.3 Å². The Kier molecular flexibility index (Phi) is 24.5. The molecule has 18 nitrogen and oxygen atoms in total. The predicted molar refractivity (Wildman–Crippen MR) is 257 cm³/mol. The third kappa shape index (κ3) is 19.1. The number of benzene rings is 2. The third-order valence-electron chi connectivity index (χ3n) is 12.0. The lowest BCUT2D eigenvalue weighted by atomic mass is 9.87. The van der Waals surface area contributed by atoms with Crippen LogP contribution in [-0.2, 0) is 51.2 Å². The number of Topliss-reactive ketones (excluding diaryl/α,β-unsaturated/α-hetero) is 4. The highest BCUT2D eigenvalue weighted by atomic mass is 16.2. The number of amides is 4. The quantitative estimate of drug-likeness (QED) is 0.0379. The number of ketones is 4. The van der Waals surface area contributed by atoms with Crippen LogP contribution in [0.25, 0.3) is 10.9 Å². The van der Waals surface area contributed by atoms with E-state index in [0.717, 1.165) is 28.2 Å². The predicted octanol–water partition coefficient (Wildman–Crippen LogP) is 1.96. The van der Waals surface area contributed by atoms with Crippen LogP contribution in [0, 0.1) is 23.2 Å². The second-order valence-electron chi connectivity index (χ2n) is 17.3. The normalized spacial score (nSPS) is 14.4. The molecular weight excluding hydrogens is 857 g/mol. The van der Waals surface area contributed by atoms with E-state index in [2.05, 4.69) is 20.9 Å².